The number of nitrogens with zero attached hydrogens (tertiary/aromatic N) is 2. The van der Waals surface area contributed by atoms with Gasteiger partial charge in [-0.1, -0.05) is 6.07 Å². The first-order valence-electron chi connectivity index (χ1n) is 8.78. The van der Waals surface area contributed by atoms with Gasteiger partial charge < -0.3 is 10.1 Å². The van der Waals surface area contributed by atoms with Crippen LogP contribution < -0.4 is 5.32 Å². The van der Waals surface area contributed by atoms with Crippen molar-refractivity contribution in [1.29, 1.82) is 0 Å². The van der Waals surface area contributed by atoms with Gasteiger partial charge in [0.05, 0.1) is 19.3 Å². The van der Waals surface area contributed by atoms with Crippen LogP contribution in [0, 0.1) is 0 Å². The molecule has 0 spiro atoms. The standard InChI is InChI=1S/C20H21N3O2S/c24-20(16-3-4-19-15(12-16)5-11-26-19)22-14-18(17-2-1-6-21-13-17)23-7-9-25-10-8-23/h1-6,11-13,18H,7-10,14H2,(H,22,24)/t18-/m1/s1. The largest absolute Gasteiger partial charge is 0.379 e. The average Bonchev–Trinajstić information content (AvgIpc) is 3.17. The van der Waals surface area contributed by atoms with E-state index in [1.807, 2.05) is 41.9 Å². The Labute approximate surface area is 156 Å². The van der Waals surface area contributed by atoms with E-state index >= 15 is 0 Å². The van der Waals surface area contributed by atoms with Crippen LogP contribution >= 0.6 is 11.3 Å². The molecule has 1 fully saturated rings. The summed E-state index contributed by atoms with van der Waals surface area (Å²) in [6.45, 7) is 3.71. The zero-order chi connectivity index (χ0) is 17.8. The molecule has 1 aliphatic rings. The number of hydrogen-bond donors (Lipinski definition) is 1. The topological polar surface area (TPSA) is 54.5 Å². The summed E-state index contributed by atoms with van der Waals surface area (Å²) in [5.74, 6) is -0.0414. The van der Waals surface area contributed by atoms with Crippen LogP contribution in [-0.2, 0) is 4.74 Å². The predicted molar refractivity (Wildman–Crippen MR) is 104 cm³/mol. The Morgan fingerprint density at radius 3 is 2.96 bits per heavy atom. The maximum Gasteiger partial charge on any atom is 0.251 e. The number of benzene rings is 1. The Morgan fingerprint density at radius 1 is 1.27 bits per heavy atom. The van der Waals surface area contributed by atoms with Gasteiger partial charge in [0.25, 0.3) is 5.91 Å². The Balaban J connectivity index is 1.49. The molecule has 1 atom stereocenters. The lowest BCUT2D eigenvalue weighted by Gasteiger charge is -2.34. The number of nitrogens with one attached hydrogen (secondary N) is 1. The van der Waals surface area contributed by atoms with Crippen molar-refractivity contribution in [2.75, 3.05) is 32.8 Å². The predicted octanol–water partition coefficient (Wildman–Crippen LogP) is 3.10. The van der Waals surface area contributed by atoms with Gasteiger partial charge in [-0.2, -0.15) is 0 Å². The lowest BCUT2D eigenvalue weighted by atomic mass is 10.1. The van der Waals surface area contributed by atoms with E-state index < -0.39 is 0 Å². The fourth-order valence-corrected chi connectivity index (χ4v) is 4.09. The van der Waals surface area contributed by atoms with Crippen LogP contribution in [0.2, 0.25) is 0 Å². The number of thiophene rings is 1. The van der Waals surface area contributed by atoms with Crippen molar-refractivity contribution in [2.24, 2.45) is 0 Å². The van der Waals surface area contributed by atoms with Crippen molar-refractivity contribution in [3.8, 4) is 0 Å². The van der Waals surface area contributed by atoms with Crippen molar-refractivity contribution in [3.05, 3.63) is 65.3 Å². The third-order valence-corrected chi connectivity index (χ3v) is 5.62. The third-order valence-electron chi connectivity index (χ3n) is 4.73. The molecular weight excluding hydrogens is 346 g/mol. The maximum absolute atomic E-state index is 12.7. The molecular formula is C20H21N3O2S. The van der Waals surface area contributed by atoms with Crippen molar-refractivity contribution in [2.45, 2.75) is 6.04 Å². The molecule has 4 rings (SSSR count). The highest BCUT2D eigenvalue weighted by Gasteiger charge is 2.23. The van der Waals surface area contributed by atoms with Gasteiger partial charge in [0, 0.05) is 42.3 Å². The van der Waals surface area contributed by atoms with Crippen LogP contribution in [0.1, 0.15) is 22.0 Å². The van der Waals surface area contributed by atoms with Crippen LogP contribution in [0.15, 0.2) is 54.2 Å². The van der Waals surface area contributed by atoms with Crippen LogP contribution in [-0.4, -0.2) is 48.6 Å². The van der Waals surface area contributed by atoms with Gasteiger partial charge in [0.1, 0.15) is 0 Å². The van der Waals surface area contributed by atoms with Crippen molar-refractivity contribution >= 4 is 27.3 Å². The number of pyridine rings is 1. The van der Waals surface area contributed by atoms with Gasteiger partial charge in [-0.3, -0.25) is 14.7 Å². The number of carbonyl (C=O) groups excluding carboxylic acids is 1. The van der Waals surface area contributed by atoms with Crippen LogP contribution in [0.5, 0.6) is 0 Å². The van der Waals surface area contributed by atoms with Gasteiger partial charge in [-0.05, 0) is 46.7 Å². The van der Waals surface area contributed by atoms with Gasteiger partial charge in [0.15, 0.2) is 0 Å². The Hall–Kier alpha value is -2.28. The number of ether oxygens (including phenoxy) is 1. The smallest absolute Gasteiger partial charge is 0.251 e. The maximum atomic E-state index is 12.7. The summed E-state index contributed by atoms with van der Waals surface area (Å²) in [5.41, 5.74) is 1.81. The zero-order valence-electron chi connectivity index (χ0n) is 14.4. The molecule has 0 aliphatic carbocycles. The van der Waals surface area contributed by atoms with Crippen LogP contribution in [0.3, 0.4) is 0 Å². The number of hydrogen-bond acceptors (Lipinski definition) is 5. The number of rotatable bonds is 5. The van der Waals surface area contributed by atoms with Crippen molar-refractivity contribution < 1.29 is 9.53 Å². The molecule has 0 radical (unpaired) electrons. The lowest BCUT2D eigenvalue weighted by Crippen LogP contribution is -2.43. The first-order valence-corrected chi connectivity index (χ1v) is 9.66. The summed E-state index contributed by atoms with van der Waals surface area (Å²) < 4.78 is 6.67. The molecule has 1 aromatic carbocycles. The van der Waals surface area contributed by atoms with E-state index in [2.05, 4.69) is 21.3 Å². The molecule has 6 heteroatoms. The normalized spacial score (nSPS) is 16.5. The summed E-state index contributed by atoms with van der Waals surface area (Å²) in [7, 11) is 0. The minimum absolute atomic E-state index is 0.0414. The molecule has 1 saturated heterocycles. The summed E-state index contributed by atoms with van der Waals surface area (Å²) in [6, 6.07) is 12.0. The molecule has 1 amide bonds. The van der Waals surface area contributed by atoms with Gasteiger partial charge in [-0.25, -0.2) is 0 Å². The fraction of sp³-hybridized carbons (Fsp3) is 0.300. The summed E-state index contributed by atoms with van der Waals surface area (Å²) in [4.78, 5) is 19.3. The Morgan fingerprint density at radius 2 is 2.15 bits per heavy atom. The Kier molecular flexibility index (Phi) is 5.24. The number of morpholine rings is 1. The average molecular weight is 367 g/mol. The highest BCUT2D eigenvalue weighted by molar-refractivity contribution is 7.17. The molecule has 0 saturated carbocycles. The second-order valence-electron chi connectivity index (χ2n) is 6.33. The second kappa shape index (κ2) is 7.95. The SMILES string of the molecule is O=C(NC[C@H](c1cccnc1)N1CCOCC1)c1ccc2sccc2c1. The number of amides is 1. The van der Waals surface area contributed by atoms with E-state index in [0.717, 1.165) is 37.3 Å². The van der Waals surface area contributed by atoms with E-state index in [4.69, 9.17) is 4.74 Å². The molecule has 1 N–H and O–H groups in total. The molecule has 1 aliphatic heterocycles. The number of carbonyl (C=O) groups is 1. The van der Waals surface area contributed by atoms with Crippen LogP contribution in [0.4, 0.5) is 0 Å². The summed E-state index contributed by atoms with van der Waals surface area (Å²) >= 11 is 1.68. The number of aromatic nitrogens is 1. The monoisotopic (exact) mass is 367 g/mol. The molecule has 3 aromatic rings. The van der Waals surface area contributed by atoms with E-state index in [1.54, 1.807) is 17.5 Å². The molecule has 26 heavy (non-hydrogen) atoms. The highest BCUT2D eigenvalue weighted by atomic mass is 32.1. The zero-order valence-corrected chi connectivity index (χ0v) is 15.2. The van der Waals surface area contributed by atoms with Gasteiger partial charge in [0.2, 0.25) is 0 Å². The van der Waals surface area contributed by atoms with Crippen molar-refractivity contribution in [3.63, 3.8) is 0 Å². The minimum atomic E-state index is -0.0414. The highest BCUT2D eigenvalue weighted by Crippen LogP contribution is 2.23. The molecule has 5 nitrogen and oxygen atoms in total. The first-order chi connectivity index (χ1) is 12.8. The molecule has 0 unspecified atom stereocenters. The van der Waals surface area contributed by atoms with E-state index in [0.29, 0.717) is 12.1 Å². The number of fused-ring (bicyclic) bond motifs is 1. The molecule has 0 bridgehead atoms. The molecule has 134 valence electrons. The Bertz CT molecular complexity index is 875. The quantitative estimate of drug-likeness (QED) is 0.753. The summed E-state index contributed by atoms with van der Waals surface area (Å²) in [5, 5.41) is 6.26. The van der Waals surface area contributed by atoms with Crippen molar-refractivity contribution in [1.82, 2.24) is 15.2 Å². The minimum Gasteiger partial charge on any atom is -0.379 e. The van der Waals surface area contributed by atoms with Gasteiger partial charge in [-0.15, -0.1) is 11.3 Å². The third kappa shape index (κ3) is 3.77. The van der Waals surface area contributed by atoms with Crippen LogP contribution in [0.25, 0.3) is 10.1 Å². The fourth-order valence-electron chi connectivity index (χ4n) is 3.32. The second-order valence-corrected chi connectivity index (χ2v) is 7.28. The van der Waals surface area contributed by atoms with Gasteiger partial charge >= 0.3 is 0 Å². The molecule has 2 aromatic heterocycles. The summed E-state index contributed by atoms with van der Waals surface area (Å²) in [6.07, 6.45) is 3.65. The van der Waals surface area contributed by atoms with E-state index in [1.165, 1.54) is 4.70 Å². The molecule has 3 heterocycles. The lowest BCUT2D eigenvalue weighted by molar-refractivity contribution is 0.0161. The first kappa shape index (κ1) is 17.1. The van der Waals surface area contributed by atoms with E-state index in [-0.39, 0.29) is 11.9 Å². The van der Waals surface area contributed by atoms with E-state index in [9.17, 15) is 4.79 Å².